The minimum atomic E-state index is -0.212. The van der Waals surface area contributed by atoms with E-state index in [1.807, 2.05) is 6.07 Å². The third kappa shape index (κ3) is 3.80. The van der Waals surface area contributed by atoms with Gasteiger partial charge >= 0.3 is 0 Å². The van der Waals surface area contributed by atoms with Crippen molar-refractivity contribution in [2.45, 2.75) is 19.9 Å². The molecule has 0 saturated carbocycles. The van der Waals surface area contributed by atoms with E-state index in [-0.39, 0.29) is 5.91 Å². The van der Waals surface area contributed by atoms with Crippen molar-refractivity contribution in [1.82, 2.24) is 20.3 Å². The van der Waals surface area contributed by atoms with E-state index in [9.17, 15) is 4.79 Å². The lowest BCUT2D eigenvalue weighted by Gasteiger charge is -2.07. The van der Waals surface area contributed by atoms with Crippen LogP contribution in [0.25, 0.3) is 0 Å². The predicted molar refractivity (Wildman–Crippen MR) is 72.8 cm³/mol. The molecule has 0 aromatic carbocycles. The summed E-state index contributed by atoms with van der Waals surface area (Å²) in [6.07, 6.45) is 6.02. The molecule has 2 aromatic heterocycles. The fraction of sp³-hybridized carbons (Fsp3) is 0.308. The van der Waals surface area contributed by atoms with Gasteiger partial charge in [-0.2, -0.15) is 0 Å². The lowest BCUT2D eigenvalue weighted by atomic mass is 10.3. The van der Waals surface area contributed by atoms with E-state index in [1.54, 1.807) is 24.7 Å². The zero-order chi connectivity index (χ0) is 13.5. The molecule has 0 fully saturated rings. The van der Waals surface area contributed by atoms with E-state index in [0.29, 0.717) is 18.1 Å². The van der Waals surface area contributed by atoms with Crippen LogP contribution in [-0.2, 0) is 6.54 Å². The topological polar surface area (TPSA) is 82.7 Å². The number of imidazole rings is 1. The maximum Gasteiger partial charge on any atom is 0.270 e. The highest BCUT2D eigenvalue weighted by atomic mass is 16.1. The summed E-state index contributed by atoms with van der Waals surface area (Å²) in [5, 5.41) is 5.98. The van der Waals surface area contributed by atoms with E-state index < -0.39 is 0 Å². The maximum atomic E-state index is 11.9. The number of hydrogen-bond acceptors (Lipinski definition) is 4. The number of anilines is 1. The maximum absolute atomic E-state index is 11.9. The van der Waals surface area contributed by atoms with Crippen molar-refractivity contribution in [3.8, 4) is 0 Å². The number of pyridine rings is 1. The number of rotatable bonds is 6. The second-order valence-corrected chi connectivity index (χ2v) is 4.08. The molecule has 3 N–H and O–H groups in total. The van der Waals surface area contributed by atoms with Crippen molar-refractivity contribution in [1.29, 1.82) is 0 Å². The van der Waals surface area contributed by atoms with Crippen molar-refractivity contribution in [2.24, 2.45) is 0 Å². The van der Waals surface area contributed by atoms with Gasteiger partial charge in [-0.25, -0.2) is 4.98 Å². The Labute approximate surface area is 111 Å². The van der Waals surface area contributed by atoms with Gasteiger partial charge in [0.15, 0.2) is 0 Å². The molecule has 2 heterocycles. The van der Waals surface area contributed by atoms with Crippen molar-refractivity contribution in [2.75, 3.05) is 11.9 Å². The lowest BCUT2D eigenvalue weighted by Crippen LogP contribution is -2.24. The van der Waals surface area contributed by atoms with Gasteiger partial charge in [0, 0.05) is 30.8 Å². The highest BCUT2D eigenvalue weighted by Gasteiger charge is 2.08. The highest BCUT2D eigenvalue weighted by molar-refractivity contribution is 5.92. The largest absolute Gasteiger partial charge is 0.385 e. The Kier molecular flexibility index (Phi) is 4.49. The minimum absolute atomic E-state index is 0.212. The molecule has 6 nitrogen and oxygen atoms in total. The van der Waals surface area contributed by atoms with Crippen LogP contribution in [0.2, 0.25) is 0 Å². The summed E-state index contributed by atoms with van der Waals surface area (Å²) in [6.45, 7) is 3.32. The Hall–Kier alpha value is -2.37. The molecule has 0 unspecified atom stereocenters. The molecule has 0 radical (unpaired) electrons. The number of carbonyl (C=O) groups is 1. The third-order valence-electron chi connectivity index (χ3n) is 2.54. The van der Waals surface area contributed by atoms with Crippen LogP contribution in [0.5, 0.6) is 0 Å². The Morgan fingerprint density at radius 3 is 3.00 bits per heavy atom. The van der Waals surface area contributed by atoms with Gasteiger partial charge in [-0.05, 0) is 18.6 Å². The summed E-state index contributed by atoms with van der Waals surface area (Å²) in [4.78, 5) is 22.9. The standard InChI is InChI=1S/C13H17N5O/c1-2-4-14-10-3-5-15-11(8-10)13(19)18-9-12-16-6-7-17-12/h3,5-8H,2,4,9H2,1H3,(H,14,15)(H,16,17)(H,18,19). The fourth-order valence-corrected chi connectivity index (χ4v) is 1.58. The molecule has 0 aliphatic carbocycles. The molecule has 6 heteroatoms. The van der Waals surface area contributed by atoms with Crippen LogP contribution >= 0.6 is 0 Å². The predicted octanol–water partition coefficient (Wildman–Crippen LogP) is 1.56. The van der Waals surface area contributed by atoms with E-state index in [2.05, 4.69) is 32.5 Å². The van der Waals surface area contributed by atoms with Crippen molar-refractivity contribution >= 4 is 11.6 Å². The van der Waals surface area contributed by atoms with Crippen LogP contribution in [0.1, 0.15) is 29.7 Å². The molecule has 100 valence electrons. The molecule has 0 aliphatic rings. The Bertz CT molecular complexity index is 524. The summed E-state index contributed by atoms with van der Waals surface area (Å²) in [5.74, 6) is 0.505. The summed E-state index contributed by atoms with van der Waals surface area (Å²) >= 11 is 0. The van der Waals surface area contributed by atoms with E-state index in [1.165, 1.54) is 0 Å². The van der Waals surface area contributed by atoms with Crippen LogP contribution in [-0.4, -0.2) is 27.4 Å². The van der Waals surface area contributed by atoms with Gasteiger partial charge in [-0.15, -0.1) is 0 Å². The van der Waals surface area contributed by atoms with Crippen LogP contribution in [0.3, 0.4) is 0 Å². The first-order valence-corrected chi connectivity index (χ1v) is 6.26. The second kappa shape index (κ2) is 6.53. The number of carbonyl (C=O) groups excluding carboxylic acids is 1. The molecular formula is C13H17N5O. The van der Waals surface area contributed by atoms with Crippen LogP contribution < -0.4 is 10.6 Å². The number of aromatic amines is 1. The quantitative estimate of drug-likeness (QED) is 0.735. The summed E-state index contributed by atoms with van der Waals surface area (Å²) < 4.78 is 0. The molecule has 0 aliphatic heterocycles. The molecule has 0 bridgehead atoms. The first kappa shape index (κ1) is 13.1. The first-order chi connectivity index (χ1) is 9.29. The second-order valence-electron chi connectivity index (χ2n) is 4.08. The Morgan fingerprint density at radius 2 is 2.26 bits per heavy atom. The van der Waals surface area contributed by atoms with Crippen molar-refractivity contribution in [3.63, 3.8) is 0 Å². The molecule has 0 saturated heterocycles. The highest BCUT2D eigenvalue weighted by Crippen LogP contribution is 2.08. The third-order valence-corrected chi connectivity index (χ3v) is 2.54. The fourth-order valence-electron chi connectivity index (χ4n) is 1.58. The van der Waals surface area contributed by atoms with Gasteiger partial charge in [-0.1, -0.05) is 6.92 Å². The van der Waals surface area contributed by atoms with Crippen molar-refractivity contribution in [3.05, 3.63) is 42.2 Å². The van der Waals surface area contributed by atoms with Gasteiger partial charge in [0.2, 0.25) is 0 Å². The van der Waals surface area contributed by atoms with Crippen LogP contribution in [0.4, 0.5) is 5.69 Å². The average Bonchev–Trinajstić information content (AvgIpc) is 2.96. The average molecular weight is 259 g/mol. The first-order valence-electron chi connectivity index (χ1n) is 6.26. The molecule has 1 amide bonds. The number of nitrogens with one attached hydrogen (secondary N) is 3. The molecule has 2 aromatic rings. The monoisotopic (exact) mass is 259 g/mol. The van der Waals surface area contributed by atoms with Gasteiger partial charge in [0.25, 0.3) is 5.91 Å². The molecule has 2 rings (SSSR count). The van der Waals surface area contributed by atoms with Gasteiger partial charge in [0.05, 0.1) is 6.54 Å². The van der Waals surface area contributed by atoms with E-state index in [0.717, 1.165) is 18.7 Å². The smallest absolute Gasteiger partial charge is 0.270 e. The Morgan fingerprint density at radius 1 is 1.37 bits per heavy atom. The number of amides is 1. The number of H-pyrrole nitrogens is 1. The normalized spacial score (nSPS) is 10.2. The van der Waals surface area contributed by atoms with E-state index >= 15 is 0 Å². The van der Waals surface area contributed by atoms with Crippen LogP contribution in [0.15, 0.2) is 30.7 Å². The number of hydrogen-bond donors (Lipinski definition) is 3. The molecule has 0 atom stereocenters. The zero-order valence-corrected chi connectivity index (χ0v) is 10.8. The zero-order valence-electron chi connectivity index (χ0n) is 10.8. The molecule has 0 spiro atoms. The van der Waals surface area contributed by atoms with Gasteiger partial charge < -0.3 is 15.6 Å². The van der Waals surface area contributed by atoms with Gasteiger partial charge in [0.1, 0.15) is 11.5 Å². The van der Waals surface area contributed by atoms with Crippen LogP contribution in [0, 0.1) is 0 Å². The minimum Gasteiger partial charge on any atom is -0.385 e. The van der Waals surface area contributed by atoms with Gasteiger partial charge in [-0.3, -0.25) is 9.78 Å². The Balaban J connectivity index is 1.94. The number of aromatic nitrogens is 3. The lowest BCUT2D eigenvalue weighted by molar-refractivity contribution is 0.0945. The molecule has 19 heavy (non-hydrogen) atoms. The SMILES string of the molecule is CCCNc1ccnc(C(=O)NCc2ncc[nH]2)c1. The van der Waals surface area contributed by atoms with Crippen molar-refractivity contribution < 1.29 is 4.79 Å². The molecular weight excluding hydrogens is 242 g/mol. The summed E-state index contributed by atoms with van der Waals surface area (Å²) in [6, 6.07) is 3.59. The van der Waals surface area contributed by atoms with E-state index in [4.69, 9.17) is 0 Å². The number of nitrogens with zero attached hydrogens (tertiary/aromatic N) is 2. The summed E-state index contributed by atoms with van der Waals surface area (Å²) in [5.41, 5.74) is 1.30. The summed E-state index contributed by atoms with van der Waals surface area (Å²) in [7, 11) is 0.